The molecule has 0 saturated heterocycles. The maximum Gasteiger partial charge on any atom is 0.238 e. The van der Waals surface area contributed by atoms with Crippen LogP contribution in [0.5, 0.6) is 0 Å². The van der Waals surface area contributed by atoms with Gasteiger partial charge in [0.15, 0.2) is 0 Å². The fourth-order valence-corrected chi connectivity index (χ4v) is 2.99. The zero-order chi connectivity index (χ0) is 16.2. The minimum atomic E-state index is -3.43. The lowest BCUT2D eigenvalue weighted by Crippen LogP contribution is -2.46. The van der Waals surface area contributed by atoms with Gasteiger partial charge in [0.25, 0.3) is 0 Å². The molecule has 1 aromatic rings. The van der Waals surface area contributed by atoms with Gasteiger partial charge in [-0.05, 0) is 24.5 Å². The minimum Gasteiger partial charge on any atom is -0.348 e. The number of benzene rings is 1. The zero-order valence-corrected chi connectivity index (χ0v) is 14.1. The third kappa shape index (κ3) is 5.65. The summed E-state index contributed by atoms with van der Waals surface area (Å²) in [5.74, 6) is -0.279. The second-order valence-corrected chi connectivity index (χ2v) is 7.55. The molecule has 0 aliphatic heterocycles. The highest BCUT2D eigenvalue weighted by molar-refractivity contribution is 7.88. The summed E-state index contributed by atoms with van der Waals surface area (Å²) < 4.78 is 24.6. The van der Waals surface area contributed by atoms with E-state index in [1.165, 1.54) is 6.92 Å². The number of rotatable bonds is 6. The Morgan fingerprint density at radius 2 is 1.76 bits per heavy atom. The molecule has 2 atom stereocenters. The van der Waals surface area contributed by atoms with E-state index in [-0.39, 0.29) is 17.9 Å². The molecule has 0 fully saturated rings. The number of carbonyl (C=O) groups excluding carboxylic acids is 1. The Hall–Kier alpha value is -1.11. The number of amides is 1. The van der Waals surface area contributed by atoms with Crippen LogP contribution in [0.3, 0.4) is 0 Å². The first-order chi connectivity index (χ1) is 9.61. The summed E-state index contributed by atoms with van der Waals surface area (Å²) in [6.45, 7) is 5.42. The summed E-state index contributed by atoms with van der Waals surface area (Å²) in [7, 11) is -3.43. The smallest absolute Gasteiger partial charge is 0.238 e. The van der Waals surface area contributed by atoms with Gasteiger partial charge in [-0.2, -0.15) is 0 Å². The quantitative estimate of drug-likeness (QED) is 0.837. The van der Waals surface area contributed by atoms with Crippen molar-refractivity contribution < 1.29 is 13.2 Å². The number of nitrogens with one attached hydrogen (secondary N) is 2. The standard InChI is InChI=1S/C14H21ClN2O3S/c1-9(2)13(11-7-5-6-8-12(11)15)16-14(18)10(3)17-21(4,19)20/h5-10,13,17H,1-4H3,(H,16,18)/t10-,13+/m0/s1. The molecular formula is C14H21ClN2O3S. The van der Waals surface area contributed by atoms with Gasteiger partial charge in [0, 0.05) is 5.02 Å². The molecule has 1 amide bonds. The van der Waals surface area contributed by atoms with E-state index in [0.29, 0.717) is 5.02 Å². The molecule has 118 valence electrons. The molecular weight excluding hydrogens is 312 g/mol. The van der Waals surface area contributed by atoms with Crippen LogP contribution in [0.15, 0.2) is 24.3 Å². The highest BCUT2D eigenvalue weighted by atomic mass is 35.5. The van der Waals surface area contributed by atoms with Crippen molar-refractivity contribution in [3.63, 3.8) is 0 Å². The first kappa shape index (κ1) is 17.9. The molecule has 0 unspecified atom stereocenters. The third-order valence-electron chi connectivity index (χ3n) is 2.99. The van der Waals surface area contributed by atoms with Crippen molar-refractivity contribution in [3.8, 4) is 0 Å². The summed E-state index contributed by atoms with van der Waals surface area (Å²) in [6.07, 6.45) is 1.02. The summed E-state index contributed by atoms with van der Waals surface area (Å²) in [5, 5.41) is 3.42. The predicted octanol–water partition coefficient (Wildman–Crippen LogP) is 2.09. The van der Waals surface area contributed by atoms with E-state index in [0.717, 1.165) is 11.8 Å². The Labute approximate surface area is 131 Å². The highest BCUT2D eigenvalue weighted by Gasteiger charge is 2.24. The lowest BCUT2D eigenvalue weighted by molar-refractivity contribution is -0.123. The Morgan fingerprint density at radius 1 is 1.19 bits per heavy atom. The largest absolute Gasteiger partial charge is 0.348 e. The van der Waals surface area contributed by atoms with Crippen LogP contribution in [0.25, 0.3) is 0 Å². The molecule has 5 nitrogen and oxygen atoms in total. The van der Waals surface area contributed by atoms with Crippen molar-refractivity contribution in [2.24, 2.45) is 5.92 Å². The average Bonchev–Trinajstić information content (AvgIpc) is 2.34. The highest BCUT2D eigenvalue weighted by Crippen LogP contribution is 2.28. The van der Waals surface area contributed by atoms with E-state index in [1.807, 2.05) is 32.0 Å². The monoisotopic (exact) mass is 332 g/mol. The van der Waals surface area contributed by atoms with Crippen molar-refractivity contribution >= 4 is 27.5 Å². The summed E-state index contributed by atoms with van der Waals surface area (Å²) in [4.78, 5) is 12.1. The lowest BCUT2D eigenvalue weighted by Gasteiger charge is -2.25. The molecule has 0 aromatic heterocycles. The van der Waals surface area contributed by atoms with E-state index in [4.69, 9.17) is 11.6 Å². The maximum atomic E-state index is 12.1. The van der Waals surface area contributed by atoms with Crippen LogP contribution < -0.4 is 10.0 Å². The van der Waals surface area contributed by atoms with Crippen LogP contribution in [0, 0.1) is 5.92 Å². The van der Waals surface area contributed by atoms with Gasteiger partial charge in [0.2, 0.25) is 15.9 Å². The van der Waals surface area contributed by atoms with Gasteiger partial charge in [-0.15, -0.1) is 0 Å². The molecule has 0 spiro atoms. The van der Waals surface area contributed by atoms with E-state index in [1.54, 1.807) is 6.07 Å². The zero-order valence-electron chi connectivity index (χ0n) is 12.6. The van der Waals surface area contributed by atoms with Gasteiger partial charge in [0.05, 0.1) is 18.3 Å². The van der Waals surface area contributed by atoms with E-state index < -0.39 is 16.1 Å². The van der Waals surface area contributed by atoms with Crippen LogP contribution in [0.4, 0.5) is 0 Å². The van der Waals surface area contributed by atoms with Crippen LogP contribution in [0.2, 0.25) is 5.02 Å². The summed E-state index contributed by atoms with van der Waals surface area (Å²) in [6, 6.07) is 6.15. The molecule has 7 heteroatoms. The molecule has 0 heterocycles. The minimum absolute atomic E-state index is 0.110. The van der Waals surface area contributed by atoms with E-state index in [9.17, 15) is 13.2 Å². The normalized spacial score (nSPS) is 14.8. The van der Waals surface area contributed by atoms with Crippen LogP contribution in [-0.4, -0.2) is 26.6 Å². The second-order valence-electron chi connectivity index (χ2n) is 5.36. The molecule has 21 heavy (non-hydrogen) atoms. The summed E-state index contributed by atoms with van der Waals surface area (Å²) >= 11 is 6.17. The van der Waals surface area contributed by atoms with Gasteiger partial charge in [-0.3, -0.25) is 4.79 Å². The number of carbonyl (C=O) groups is 1. The molecule has 0 saturated carbocycles. The van der Waals surface area contributed by atoms with E-state index >= 15 is 0 Å². The third-order valence-corrected chi connectivity index (χ3v) is 4.11. The van der Waals surface area contributed by atoms with Crippen molar-refractivity contribution in [2.75, 3.05) is 6.26 Å². The van der Waals surface area contributed by atoms with Gasteiger partial charge < -0.3 is 5.32 Å². The molecule has 0 aliphatic rings. The van der Waals surface area contributed by atoms with Crippen molar-refractivity contribution in [3.05, 3.63) is 34.9 Å². The fourth-order valence-electron chi connectivity index (χ4n) is 1.98. The SMILES string of the molecule is CC(C)[C@@H](NC(=O)[C@H](C)NS(C)(=O)=O)c1ccccc1Cl. The molecule has 0 bridgehead atoms. The number of hydrogen-bond acceptors (Lipinski definition) is 3. The van der Waals surface area contributed by atoms with E-state index in [2.05, 4.69) is 10.0 Å². The summed E-state index contributed by atoms with van der Waals surface area (Å²) in [5.41, 5.74) is 0.814. The number of sulfonamides is 1. The molecule has 0 aliphatic carbocycles. The first-order valence-corrected chi connectivity index (χ1v) is 8.91. The Kier molecular flexibility index (Phi) is 6.19. The number of hydrogen-bond donors (Lipinski definition) is 2. The molecule has 0 radical (unpaired) electrons. The predicted molar refractivity (Wildman–Crippen MR) is 84.6 cm³/mol. The molecule has 2 N–H and O–H groups in total. The first-order valence-electron chi connectivity index (χ1n) is 6.64. The van der Waals surface area contributed by atoms with Gasteiger partial charge in [-0.1, -0.05) is 43.6 Å². The Bertz CT molecular complexity index is 602. The fraction of sp³-hybridized carbons (Fsp3) is 0.500. The maximum absolute atomic E-state index is 12.1. The van der Waals surface area contributed by atoms with Crippen molar-refractivity contribution in [2.45, 2.75) is 32.9 Å². The van der Waals surface area contributed by atoms with Crippen LogP contribution >= 0.6 is 11.6 Å². The van der Waals surface area contributed by atoms with Crippen molar-refractivity contribution in [1.82, 2.24) is 10.0 Å². The number of halogens is 1. The van der Waals surface area contributed by atoms with Crippen molar-refractivity contribution in [1.29, 1.82) is 0 Å². The Morgan fingerprint density at radius 3 is 2.24 bits per heavy atom. The lowest BCUT2D eigenvalue weighted by atomic mass is 9.95. The second kappa shape index (κ2) is 7.24. The molecule has 1 aromatic carbocycles. The average molecular weight is 333 g/mol. The van der Waals surface area contributed by atoms with Crippen LogP contribution in [-0.2, 0) is 14.8 Å². The Balaban J connectivity index is 2.90. The van der Waals surface area contributed by atoms with Gasteiger partial charge in [0.1, 0.15) is 0 Å². The van der Waals surface area contributed by atoms with Gasteiger partial charge >= 0.3 is 0 Å². The van der Waals surface area contributed by atoms with Gasteiger partial charge in [-0.25, -0.2) is 13.1 Å². The molecule has 1 rings (SSSR count). The topological polar surface area (TPSA) is 75.3 Å². The van der Waals surface area contributed by atoms with Crippen LogP contribution in [0.1, 0.15) is 32.4 Å².